The van der Waals surface area contributed by atoms with Crippen LogP contribution in [0.3, 0.4) is 0 Å². The van der Waals surface area contributed by atoms with Crippen LogP contribution in [0.1, 0.15) is 29.6 Å². The molecule has 4 heteroatoms. The first-order chi connectivity index (χ1) is 10.1. The molecule has 0 amide bonds. The number of rotatable bonds is 4. The summed E-state index contributed by atoms with van der Waals surface area (Å²) >= 11 is 3.17. The minimum absolute atomic E-state index is 0.152. The highest BCUT2D eigenvalue weighted by Gasteiger charge is 2.44. The smallest absolute Gasteiger partial charge is 0.141 e. The molecular formula is C17H16BrFO2. The van der Waals surface area contributed by atoms with Crippen LogP contribution in [-0.4, -0.2) is 12.2 Å². The van der Waals surface area contributed by atoms with Crippen molar-refractivity contribution in [3.8, 4) is 5.75 Å². The molecule has 0 spiro atoms. The van der Waals surface area contributed by atoms with E-state index in [4.69, 9.17) is 4.74 Å². The zero-order chi connectivity index (χ0) is 15.0. The van der Waals surface area contributed by atoms with Crippen molar-refractivity contribution in [2.24, 2.45) is 5.92 Å². The summed E-state index contributed by atoms with van der Waals surface area (Å²) in [6.07, 6.45) is 0.283. The molecule has 0 heterocycles. The van der Waals surface area contributed by atoms with Crippen LogP contribution in [0.15, 0.2) is 46.9 Å². The van der Waals surface area contributed by atoms with Gasteiger partial charge in [0, 0.05) is 11.6 Å². The molecule has 1 saturated carbocycles. The van der Waals surface area contributed by atoms with Crippen LogP contribution in [0.2, 0.25) is 0 Å². The van der Waals surface area contributed by atoms with E-state index in [2.05, 4.69) is 28.1 Å². The molecule has 0 saturated heterocycles. The van der Waals surface area contributed by atoms with Gasteiger partial charge in [0.05, 0.1) is 17.7 Å². The first-order valence-corrected chi connectivity index (χ1v) is 7.67. The Hall–Kier alpha value is -1.39. The summed E-state index contributed by atoms with van der Waals surface area (Å²) in [6, 6.07) is 13.1. The number of benzene rings is 2. The second-order valence-corrected chi connectivity index (χ2v) is 6.22. The predicted molar refractivity (Wildman–Crippen MR) is 82.9 cm³/mol. The van der Waals surface area contributed by atoms with Crippen molar-refractivity contribution < 1.29 is 14.2 Å². The van der Waals surface area contributed by atoms with Gasteiger partial charge in [-0.3, -0.25) is 0 Å². The van der Waals surface area contributed by atoms with Crippen molar-refractivity contribution in [2.45, 2.75) is 18.4 Å². The Bertz CT molecular complexity index is 645. The van der Waals surface area contributed by atoms with Crippen molar-refractivity contribution in [1.82, 2.24) is 0 Å². The molecule has 1 aliphatic carbocycles. The van der Waals surface area contributed by atoms with Gasteiger partial charge in [0.25, 0.3) is 0 Å². The van der Waals surface area contributed by atoms with Crippen molar-refractivity contribution >= 4 is 15.9 Å². The van der Waals surface area contributed by atoms with E-state index < -0.39 is 11.9 Å². The average molecular weight is 351 g/mol. The lowest BCUT2D eigenvalue weighted by Crippen LogP contribution is -2.05. The molecule has 0 bridgehead atoms. The van der Waals surface area contributed by atoms with Crippen LogP contribution in [0.5, 0.6) is 5.75 Å². The summed E-state index contributed by atoms with van der Waals surface area (Å²) in [5.41, 5.74) is 1.87. The Kier molecular flexibility index (Phi) is 4.00. The molecule has 1 N–H and O–H groups in total. The van der Waals surface area contributed by atoms with Crippen molar-refractivity contribution in [1.29, 1.82) is 0 Å². The third-order valence-corrected chi connectivity index (χ3v) is 4.67. The van der Waals surface area contributed by atoms with Gasteiger partial charge in [-0.05, 0) is 45.8 Å². The Labute approximate surface area is 131 Å². The third-order valence-electron chi connectivity index (χ3n) is 4.06. The Balaban J connectivity index is 1.84. The monoisotopic (exact) mass is 350 g/mol. The number of hydrogen-bond acceptors (Lipinski definition) is 2. The van der Waals surface area contributed by atoms with Gasteiger partial charge in [0.15, 0.2) is 0 Å². The fourth-order valence-corrected chi connectivity index (χ4v) is 3.19. The Morgan fingerprint density at radius 1 is 1.29 bits per heavy atom. The fraction of sp³-hybridized carbons (Fsp3) is 0.294. The van der Waals surface area contributed by atoms with Gasteiger partial charge >= 0.3 is 0 Å². The van der Waals surface area contributed by atoms with Crippen LogP contribution in [-0.2, 0) is 0 Å². The van der Waals surface area contributed by atoms with Gasteiger partial charge in [-0.15, -0.1) is 0 Å². The molecule has 2 aromatic rings. The van der Waals surface area contributed by atoms with Gasteiger partial charge < -0.3 is 9.84 Å². The number of hydrogen-bond donors (Lipinski definition) is 1. The number of aliphatic hydroxyl groups excluding tert-OH is 1. The maximum absolute atomic E-state index is 13.6. The second-order valence-electron chi connectivity index (χ2n) is 5.37. The molecule has 3 atom stereocenters. The first kappa shape index (κ1) is 14.5. The van der Waals surface area contributed by atoms with E-state index in [0.29, 0.717) is 21.7 Å². The Morgan fingerprint density at radius 3 is 2.67 bits per heavy atom. The predicted octanol–water partition coefficient (Wildman–Crippen LogP) is 4.43. The van der Waals surface area contributed by atoms with Gasteiger partial charge in [0.2, 0.25) is 0 Å². The summed E-state index contributed by atoms with van der Waals surface area (Å²) in [5.74, 6) is 0.508. The van der Waals surface area contributed by atoms with E-state index in [1.54, 1.807) is 6.07 Å². The van der Waals surface area contributed by atoms with Crippen LogP contribution in [0, 0.1) is 11.7 Å². The zero-order valence-corrected chi connectivity index (χ0v) is 13.2. The minimum Gasteiger partial charge on any atom is -0.496 e. The first-order valence-electron chi connectivity index (χ1n) is 6.87. The van der Waals surface area contributed by atoms with Crippen LogP contribution in [0.4, 0.5) is 4.39 Å². The lowest BCUT2D eigenvalue weighted by atomic mass is 10.0. The molecule has 1 aliphatic rings. The summed E-state index contributed by atoms with van der Waals surface area (Å²) < 4.78 is 19.1. The molecule has 3 rings (SSSR count). The summed E-state index contributed by atoms with van der Waals surface area (Å²) in [4.78, 5) is 0. The molecule has 2 aromatic carbocycles. The van der Waals surface area contributed by atoms with Crippen molar-refractivity contribution in [3.63, 3.8) is 0 Å². The highest BCUT2D eigenvalue weighted by Crippen LogP contribution is 2.55. The van der Waals surface area contributed by atoms with E-state index in [9.17, 15) is 9.50 Å². The molecule has 2 nitrogen and oxygen atoms in total. The van der Waals surface area contributed by atoms with Crippen LogP contribution in [0.25, 0.3) is 0 Å². The topological polar surface area (TPSA) is 29.5 Å². The van der Waals surface area contributed by atoms with Gasteiger partial charge in [-0.2, -0.15) is 0 Å². The highest BCUT2D eigenvalue weighted by atomic mass is 79.9. The number of halogens is 2. The molecular weight excluding hydrogens is 335 g/mol. The summed E-state index contributed by atoms with van der Waals surface area (Å²) in [5, 5.41) is 10.6. The van der Waals surface area contributed by atoms with E-state index in [1.165, 1.54) is 18.7 Å². The molecule has 0 aromatic heterocycles. The van der Waals surface area contributed by atoms with Gasteiger partial charge in [-0.25, -0.2) is 4.39 Å². The second kappa shape index (κ2) is 5.78. The SMILES string of the molecule is COc1cc(F)c(Br)cc1C(O)C1CC1c1ccccc1. The lowest BCUT2D eigenvalue weighted by molar-refractivity contribution is 0.147. The summed E-state index contributed by atoms with van der Waals surface area (Å²) in [7, 11) is 1.49. The zero-order valence-electron chi connectivity index (χ0n) is 11.6. The number of aliphatic hydroxyl groups is 1. The number of methoxy groups -OCH3 is 1. The third kappa shape index (κ3) is 2.83. The van der Waals surface area contributed by atoms with E-state index in [1.807, 2.05) is 18.2 Å². The molecule has 3 unspecified atom stereocenters. The highest BCUT2D eigenvalue weighted by molar-refractivity contribution is 9.10. The van der Waals surface area contributed by atoms with E-state index in [-0.39, 0.29) is 5.92 Å². The van der Waals surface area contributed by atoms with Gasteiger partial charge in [0.1, 0.15) is 11.6 Å². The van der Waals surface area contributed by atoms with Gasteiger partial charge in [-0.1, -0.05) is 30.3 Å². The maximum Gasteiger partial charge on any atom is 0.141 e. The summed E-state index contributed by atoms with van der Waals surface area (Å²) in [6.45, 7) is 0. The standard InChI is InChI=1S/C17H16BrFO2/c1-21-16-9-15(19)14(18)8-13(16)17(20)12-7-11(12)10-5-3-2-4-6-10/h2-6,8-9,11-12,17,20H,7H2,1H3. The van der Waals surface area contributed by atoms with Crippen molar-refractivity contribution in [2.75, 3.05) is 7.11 Å². The Morgan fingerprint density at radius 2 is 2.00 bits per heavy atom. The van der Waals surface area contributed by atoms with E-state index >= 15 is 0 Å². The van der Waals surface area contributed by atoms with E-state index in [0.717, 1.165) is 6.42 Å². The lowest BCUT2D eigenvalue weighted by Gasteiger charge is -2.16. The average Bonchev–Trinajstić information content (AvgIpc) is 3.30. The van der Waals surface area contributed by atoms with Crippen molar-refractivity contribution in [3.05, 3.63) is 63.9 Å². The number of ether oxygens (including phenoxy) is 1. The maximum atomic E-state index is 13.6. The quantitative estimate of drug-likeness (QED) is 0.883. The minimum atomic E-state index is -0.651. The molecule has 1 fully saturated rings. The molecule has 110 valence electrons. The largest absolute Gasteiger partial charge is 0.496 e. The molecule has 0 radical (unpaired) electrons. The van der Waals surface area contributed by atoms with Crippen LogP contribution < -0.4 is 4.74 Å². The molecule has 0 aliphatic heterocycles. The normalized spacial score (nSPS) is 21.9. The fourth-order valence-electron chi connectivity index (χ4n) is 2.83. The van der Waals surface area contributed by atoms with Crippen LogP contribution >= 0.6 is 15.9 Å². The molecule has 21 heavy (non-hydrogen) atoms.